The number of hydrogen-bond acceptors (Lipinski definition) is 2. The third kappa shape index (κ3) is 3.56. The highest BCUT2D eigenvalue weighted by atomic mass is 16.5. The van der Waals surface area contributed by atoms with Crippen LogP contribution in [0.1, 0.15) is 32.3 Å². The van der Waals surface area contributed by atoms with E-state index in [9.17, 15) is 5.11 Å². The molecule has 0 aliphatic heterocycles. The summed E-state index contributed by atoms with van der Waals surface area (Å²) in [6.07, 6.45) is 1.44. The SMILES string of the molecule is CCC(O)(CC)COc1cccc(C)c1. The molecule has 0 unspecified atom stereocenters. The molecule has 0 radical (unpaired) electrons. The Morgan fingerprint density at radius 3 is 2.47 bits per heavy atom. The van der Waals surface area contributed by atoms with Crippen LogP contribution in [-0.4, -0.2) is 17.3 Å². The van der Waals surface area contributed by atoms with E-state index in [-0.39, 0.29) is 0 Å². The lowest BCUT2D eigenvalue weighted by Gasteiger charge is -2.25. The van der Waals surface area contributed by atoms with Crippen molar-refractivity contribution in [3.05, 3.63) is 29.8 Å². The van der Waals surface area contributed by atoms with Gasteiger partial charge in [0.05, 0.1) is 5.60 Å². The van der Waals surface area contributed by atoms with Crippen molar-refractivity contribution in [3.8, 4) is 5.75 Å². The molecule has 2 nitrogen and oxygen atoms in total. The van der Waals surface area contributed by atoms with Crippen LogP contribution in [0.5, 0.6) is 5.75 Å². The first kappa shape index (κ1) is 12.1. The molecule has 0 spiro atoms. The Labute approximate surface area is 91.9 Å². The fourth-order valence-corrected chi connectivity index (χ4v) is 1.38. The van der Waals surface area contributed by atoms with Crippen molar-refractivity contribution in [2.45, 2.75) is 39.2 Å². The van der Waals surface area contributed by atoms with Crippen LogP contribution in [0, 0.1) is 6.92 Å². The molecule has 0 aliphatic rings. The molecule has 15 heavy (non-hydrogen) atoms. The summed E-state index contributed by atoms with van der Waals surface area (Å²) in [5.74, 6) is 0.829. The molecule has 0 saturated heterocycles. The third-order valence-electron chi connectivity index (χ3n) is 2.81. The van der Waals surface area contributed by atoms with E-state index in [0.717, 1.165) is 18.6 Å². The predicted molar refractivity (Wildman–Crippen MR) is 62.2 cm³/mol. The molecule has 0 heterocycles. The normalized spacial score (nSPS) is 11.5. The summed E-state index contributed by atoms with van der Waals surface area (Å²) >= 11 is 0. The van der Waals surface area contributed by atoms with Crippen molar-refractivity contribution in [3.63, 3.8) is 0 Å². The summed E-state index contributed by atoms with van der Waals surface area (Å²) < 4.78 is 5.58. The minimum absolute atomic E-state index is 0.365. The first-order chi connectivity index (χ1) is 7.09. The lowest BCUT2D eigenvalue weighted by Crippen LogP contribution is -2.34. The zero-order chi connectivity index (χ0) is 11.3. The maximum Gasteiger partial charge on any atom is 0.119 e. The van der Waals surface area contributed by atoms with Crippen LogP contribution in [0.3, 0.4) is 0 Å². The average Bonchev–Trinajstić information content (AvgIpc) is 2.26. The van der Waals surface area contributed by atoms with E-state index in [1.54, 1.807) is 0 Å². The van der Waals surface area contributed by atoms with E-state index in [2.05, 4.69) is 0 Å². The highest BCUT2D eigenvalue weighted by Crippen LogP contribution is 2.18. The summed E-state index contributed by atoms with van der Waals surface area (Å²) in [4.78, 5) is 0. The first-order valence-corrected chi connectivity index (χ1v) is 5.51. The molecule has 0 aromatic heterocycles. The lowest BCUT2D eigenvalue weighted by molar-refractivity contribution is -0.0113. The molecule has 84 valence electrons. The smallest absolute Gasteiger partial charge is 0.119 e. The van der Waals surface area contributed by atoms with Gasteiger partial charge in [-0.1, -0.05) is 26.0 Å². The second-order valence-electron chi connectivity index (χ2n) is 4.04. The lowest BCUT2D eigenvalue weighted by atomic mass is 9.99. The molecular formula is C13H20O2. The van der Waals surface area contributed by atoms with Gasteiger partial charge in [0, 0.05) is 0 Å². The van der Waals surface area contributed by atoms with Gasteiger partial charge in [0.1, 0.15) is 12.4 Å². The van der Waals surface area contributed by atoms with Gasteiger partial charge >= 0.3 is 0 Å². The van der Waals surface area contributed by atoms with Gasteiger partial charge in [0.15, 0.2) is 0 Å². The highest BCUT2D eigenvalue weighted by Gasteiger charge is 2.22. The molecule has 0 amide bonds. The molecule has 1 aromatic carbocycles. The molecular weight excluding hydrogens is 188 g/mol. The van der Waals surface area contributed by atoms with E-state index in [1.807, 2.05) is 45.0 Å². The molecule has 0 fully saturated rings. The van der Waals surface area contributed by atoms with Crippen LogP contribution in [0.15, 0.2) is 24.3 Å². The van der Waals surface area contributed by atoms with E-state index in [4.69, 9.17) is 4.74 Å². The zero-order valence-corrected chi connectivity index (χ0v) is 9.79. The van der Waals surface area contributed by atoms with Gasteiger partial charge in [0.25, 0.3) is 0 Å². The standard InChI is InChI=1S/C13H20O2/c1-4-13(14,5-2)10-15-12-8-6-7-11(3)9-12/h6-9,14H,4-5,10H2,1-3H3. The van der Waals surface area contributed by atoms with Crippen molar-refractivity contribution in [1.82, 2.24) is 0 Å². The van der Waals surface area contributed by atoms with E-state index in [0.29, 0.717) is 6.61 Å². The van der Waals surface area contributed by atoms with Crippen LogP contribution < -0.4 is 4.74 Å². The molecule has 0 atom stereocenters. The Hall–Kier alpha value is -1.02. The van der Waals surface area contributed by atoms with Crippen LogP contribution in [-0.2, 0) is 0 Å². The van der Waals surface area contributed by atoms with Gasteiger partial charge in [-0.2, -0.15) is 0 Å². The van der Waals surface area contributed by atoms with Gasteiger partial charge in [-0.15, -0.1) is 0 Å². The highest BCUT2D eigenvalue weighted by molar-refractivity contribution is 5.27. The Kier molecular flexibility index (Phi) is 4.15. The minimum atomic E-state index is -0.691. The number of aliphatic hydroxyl groups is 1. The van der Waals surface area contributed by atoms with Gasteiger partial charge in [-0.3, -0.25) is 0 Å². The van der Waals surface area contributed by atoms with Crippen molar-refractivity contribution in [1.29, 1.82) is 0 Å². The summed E-state index contributed by atoms with van der Waals surface area (Å²) in [5.41, 5.74) is 0.480. The third-order valence-corrected chi connectivity index (χ3v) is 2.81. The Morgan fingerprint density at radius 1 is 1.27 bits per heavy atom. The number of ether oxygens (including phenoxy) is 1. The van der Waals surface area contributed by atoms with E-state index >= 15 is 0 Å². The summed E-state index contributed by atoms with van der Waals surface area (Å²) in [5, 5.41) is 10.0. The van der Waals surface area contributed by atoms with Gasteiger partial charge in [-0.25, -0.2) is 0 Å². The summed E-state index contributed by atoms with van der Waals surface area (Å²) in [6, 6.07) is 7.88. The second-order valence-corrected chi connectivity index (χ2v) is 4.04. The van der Waals surface area contributed by atoms with Crippen LogP contribution in [0.25, 0.3) is 0 Å². The predicted octanol–water partition coefficient (Wildman–Crippen LogP) is 2.92. The Bertz CT molecular complexity index is 303. The summed E-state index contributed by atoms with van der Waals surface area (Å²) in [7, 11) is 0. The molecule has 1 aromatic rings. The van der Waals surface area contributed by atoms with Crippen LogP contribution in [0.2, 0.25) is 0 Å². The van der Waals surface area contributed by atoms with Crippen molar-refractivity contribution in [2.75, 3.05) is 6.61 Å². The maximum absolute atomic E-state index is 10.0. The Balaban J connectivity index is 2.56. The molecule has 2 heteroatoms. The zero-order valence-electron chi connectivity index (χ0n) is 9.79. The first-order valence-electron chi connectivity index (χ1n) is 5.51. The molecule has 0 aliphatic carbocycles. The fraction of sp³-hybridized carbons (Fsp3) is 0.538. The van der Waals surface area contributed by atoms with E-state index < -0.39 is 5.60 Å². The molecule has 0 saturated carbocycles. The molecule has 1 N–H and O–H groups in total. The quantitative estimate of drug-likeness (QED) is 0.806. The molecule has 0 bridgehead atoms. The van der Waals surface area contributed by atoms with Crippen LogP contribution in [0.4, 0.5) is 0 Å². The number of aryl methyl sites for hydroxylation is 1. The van der Waals surface area contributed by atoms with Crippen molar-refractivity contribution < 1.29 is 9.84 Å². The van der Waals surface area contributed by atoms with Crippen molar-refractivity contribution in [2.24, 2.45) is 0 Å². The summed E-state index contributed by atoms with van der Waals surface area (Å²) in [6.45, 7) is 6.34. The van der Waals surface area contributed by atoms with E-state index in [1.165, 1.54) is 5.56 Å². The monoisotopic (exact) mass is 208 g/mol. The van der Waals surface area contributed by atoms with Gasteiger partial charge < -0.3 is 9.84 Å². The van der Waals surface area contributed by atoms with Gasteiger partial charge in [0.2, 0.25) is 0 Å². The van der Waals surface area contributed by atoms with Crippen LogP contribution >= 0.6 is 0 Å². The fourth-order valence-electron chi connectivity index (χ4n) is 1.38. The Morgan fingerprint density at radius 2 is 1.93 bits per heavy atom. The van der Waals surface area contributed by atoms with Crippen molar-refractivity contribution >= 4 is 0 Å². The second kappa shape index (κ2) is 5.17. The maximum atomic E-state index is 10.0. The number of benzene rings is 1. The van der Waals surface area contributed by atoms with Gasteiger partial charge in [-0.05, 0) is 37.5 Å². The topological polar surface area (TPSA) is 29.5 Å². The average molecular weight is 208 g/mol. The number of hydrogen-bond donors (Lipinski definition) is 1. The minimum Gasteiger partial charge on any atom is -0.491 e. The largest absolute Gasteiger partial charge is 0.491 e. The number of rotatable bonds is 5. The molecule has 1 rings (SSSR count).